The van der Waals surface area contributed by atoms with Gasteiger partial charge in [0.1, 0.15) is 4.83 Å². The maximum atomic E-state index is 13.1. The van der Waals surface area contributed by atoms with Gasteiger partial charge in [0.15, 0.2) is 5.69 Å². The van der Waals surface area contributed by atoms with Gasteiger partial charge in [-0.05, 0) is 31.9 Å². The lowest BCUT2D eigenvalue weighted by Crippen LogP contribution is -2.29. The highest BCUT2D eigenvalue weighted by Gasteiger charge is 2.37. The third kappa shape index (κ3) is 4.00. The molecule has 0 radical (unpaired) electrons. The van der Waals surface area contributed by atoms with E-state index in [1.54, 1.807) is 0 Å². The van der Waals surface area contributed by atoms with Crippen molar-refractivity contribution in [3.8, 4) is 0 Å². The van der Waals surface area contributed by atoms with Crippen LogP contribution in [-0.4, -0.2) is 32.0 Å². The molecule has 3 rings (SSSR count). The van der Waals surface area contributed by atoms with Crippen molar-refractivity contribution in [1.29, 1.82) is 0 Å². The third-order valence-corrected chi connectivity index (χ3v) is 5.40. The van der Waals surface area contributed by atoms with Crippen LogP contribution in [0.3, 0.4) is 0 Å². The summed E-state index contributed by atoms with van der Waals surface area (Å²) in [6.07, 6.45) is -4.55. The summed E-state index contributed by atoms with van der Waals surface area (Å²) in [5.74, 6) is -0.265. The van der Waals surface area contributed by atoms with E-state index in [1.807, 2.05) is 31.5 Å². The van der Waals surface area contributed by atoms with Crippen LogP contribution >= 0.6 is 11.3 Å². The van der Waals surface area contributed by atoms with Crippen LogP contribution in [0.1, 0.15) is 33.7 Å². The van der Waals surface area contributed by atoms with Crippen LogP contribution in [0, 0.1) is 19.8 Å². The average Bonchev–Trinajstić information content (AvgIpc) is 3.20. The number of thiophene rings is 1. The number of rotatable bonds is 5. The average molecular weight is 399 g/mol. The SMILES string of the molecule is Cc1cc(C)n(C[C@H](C)CNC(=O)c2cc3c(C(F)(F)F)nn(C)c3s2)n1. The van der Waals surface area contributed by atoms with Gasteiger partial charge in [-0.15, -0.1) is 11.3 Å². The number of amides is 1. The van der Waals surface area contributed by atoms with E-state index in [0.717, 1.165) is 27.4 Å². The Labute approximate surface area is 158 Å². The second kappa shape index (κ2) is 6.99. The van der Waals surface area contributed by atoms with Gasteiger partial charge >= 0.3 is 6.18 Å². The number of carbonyl (C=O) groups excluding carboxylic acids is 1. The number of nitrogens with one attached hydrogen (secondary N) is 1. The summed E-state index contributed by atoms with van der Waals surface area (Å²) in [7, 11) is 1.44. The molecule has 0 aliphatic rings. The predicted octanol–water partition coefficient (Wildman–Crippen LogP) is 3.53. The number of fused-ring (bicyclic) bond motifs is 1. The first kappa shape index (κ1) is 19.4. The fourth-order valence-corrected chi connectivity index (χ4v) is 3.92. The summed E-state index contributed by atoms with van der Waals surface area (Å²) in [5.41, 5.74) is 1.01. The molecule has 0 spiro atoms. The van der Waals surface area contributed by atoms with Gasteiger partial charge in [-0.25, -0.2) is 0 Å². The zero-order chi connectivity index (χ0) is 19.9. The molecule has 1 amide bonds. The lowest BCUT2D eigenvalue weighted by Gasteiger charge is -2.13. The summed E-state index contributed by atoms with van der Waals surface area (Å²) in [4.78, 5) is 12.9. The number of hydrogen-bond acceptors (Lipinski definition) is 4. The van der Waals surface area contributed by atoms with E-state index in [4.69, 9.17) is 0 Å². The Balaban J connectivity index is 1.68. The number of aryl methyl sites for hydroxylation is 3. The normalized spacial score (nSPS) is 13.3. The Bertz CT molecular complexity index is 985. The lowest BCUT2D eigenvalue weighted by atomic mass is 10.2. The molecule has 10 heteroatoms. The number of halogens is 3. The lowest BCUT2D eigenvalue weighted by molar-refractivity contribution is -0.140. The van der Waals surface area contributed by atoms with Gasteiger partial charge in [0.25, 0.3) is 5.91 Å². The molecule has 3 aromatic heterocycles. The first-order valence-electron chi connectivity index (χ1n) is 8.39. The second-order valence-corrected chi connectivity index (χ2v) is 7.75. The Morgan fingerprint density at radius 2 is 2.00 bits per heavy atom. The van der Waals surface area contributed by atoms with E-state index < -0.39 is 11.9 Å². The molecule has 0 saturated carbocycles. The summed E-state index contributed by atoms with van der Waals surface area (Å²) in [6, 6.07) is 3.24. The molecule has 0 aliphatic heterocycles. The molecule has 1 atom stereocenters. The van der Waals surface area contributed by atoms with E-state index in [9.17, 15) is 18.0 Å². The van der Waals surface area contributed by atoms with Gasteiger partial charge < -0.3 is 5.32 Å². The predicted molar refractivity (Wildman–Crippen MR) is 96.8 cm³/mol. The molecule has 0 unspecified atom stereocenters. The Kier molecular flexibility index (Phi) is 5.02. The topological polar surface area (TPSA) is 64.7 Å². The third-order valence-electron chi connectivity index (χ3n) is 4.20. The summed E-state index contributed by atoms with van der Waals surface area (Å²) in [6.45, 7) is 6.91. The smallest absolute Gasteiger partial charge is 0.351 e. The van der Waals surface area contributed by atoms with Crippen LogP contribution in [0.2, 0.25) is 0 Å². The fraction of sp³-hybridized carbons (Fsp3) is 0.471. The standard InChI is InChI=1S/C17H20F3N5OS/c1-9(8-25-11(3)5-10(2)22-25)7-21-15(26)13-6-12-14(17(18,19)20)23-24(4)16(12)27-13/h5-6,9H,7-8H2,1-4H3,(H,21,26)/t9-/m1/s1. The number of nitrogens with zero attached hydrogens (tertiary/aromatic N) is 4. The maximum Gasteiger partial charge on any atom is 0.435 e. The fourth-order valence-electron chi connectivity index (χ4n) is 2.94. The Morgan fingerprint density at radius 3 is 2.59 bits per heavy atom. The van der Waals surface area contributed by atoms with E-state index in [0.29, 0.717) is 17.9 Å². The largest absolute Gasteiger partial charge is 0.435 e. The molecular weight excluding hydrogens is 379 g/mol. The molecule has 0 saturated heterocycles. The van der Waals surface area contributed by atoms with Crippen molar-refractivity contribution in [2.24, 2.45) is 13.0 Å². The molecule has 146 valence electrons. The quantitative estimate of drug-likeness (QED) is 0.714. The minimum Gasteiger partial charge on any atom is -0.351 e. The molecule has 0 bridgehead atoms. The van der Waals surface area contributed by atoms with Gasteiger partial charge in [-0.1, -0.05) is 6.92 Å². The molecule has 3 heterocycles. The molecular formula is C17H20F3N5OS. The highest BCUT2D eigenvalue weighted by Crippen LogP contribution is 2.37. The Hall–Kier alpha value is -2.36. The van der Waals surface area contributed by atoms with Gasteiger partial charge in [-0.2, -0.15) is 23.4 Å². The van der Waals surface area contributed by atoms with Gasteiger partial charge in [0.2, 0.25) is 0 Å². The molecule has 0 aromatic carbocycles. The first-order chi connectivity index (χ1) is 12.6. The van der Waals surface area contributed by atoms with Crippen LogP contribution in [-0.2, 0) is 19.8 Å². The number of hydrogen-bond donors (Lipinski definition) is 1. The van der Waals surface area contributed by atoms with Crippen molar-refractivity contribution in [3.05, 3.63) is 34.1 Å². The van der Waals surface area contributed by atoms with Crippen molar-refractivity contribution in [2.75, 3.05) is 6.54 Å². The Morgan fingerprint density at radius 1 is 1.30 bits per heavy atom. The van der Waals surface area contributed by atoms with Crippen LogP contribution in [0.4, 0.5) is 13.2 Å². The van der Waals surface area contributed by atoms with Crippen molar-refractivity contribution in [2.45, 2.75) is 33.5 Å². The van der Waals surface area contributed by atoms with Crippen molar-refractivity contribution in [3.63, 3.8) is 0 Å². The van der Waals surface area contributed by atoms with Gasteiger partial charge in [0.05, 0.1) is 10.6 Å². The highest BCUT2D eigenvalue weighted by molar-refractivity contribution is 7.20. The minimum absolute atomic E-state index is 0.0455. The first-order valence-corrected chi connectivity index (χ1v) is 9.21. The summed E-state index contributed by atoms with van der Waals surface area (Å²) < 4.78 is 42.2. The van der Waals surface area contributed by atoms with E-state index in [-0.39, 0.29) is 22.1 Å². The van der Waals surface area contributed by atoms with Crippen LogP contribution in [0.25, 0.3) is 10.2 Å². The zero-order valence-corrected chi connectivity index (χ0v) is 16.2. The highest BCUT2D eigenvalue weighted by atomic mass is 32.1. The second-order valence-electron chi connectivity index (χ2n) is 6.72. The monoisotopic (exact) mass is 399 g/mol. The summed E-state index contributed by atoms with van der Waals surface area (Å²) >= 11 is 1.00. The molecule has 0 aliphatic carbocycles. The van der Waals surface area contributed by atoms with Crippen molar-refractivity contribution >= 4 is 27.5 Å². The maximum absolute atomic E-state index is 13.1. The molecule has 27 heavy (non-hydrogen) atoms. The number of alkyl halides is 3. The molecule has 3 aromatic rings. The van der Waals surface area contributed by atoms with Crippen molar-refractivity contribution in [1.82, 2.24) is 24.9 Å². The van der Waals surface area contributed by atoms with Gasteiger partial charge in [0, 0.05) is 31.2 Å². The van der Waals surface area contributed by atoms with E-state index in [2.05, 4.69) is 15.5 Å². The number of carbonyl (C=O) groups is 1. The van der Waals surface area contributed by atoms with Crippen LogP contribution < -0.4 is 5.32 Å². The van der Waals surface area contributed by atoms with Crippen molar-refractivity contribution < 1.29 is 18.0 Å². The molecule has 0 fully saturated rings. The minimum atomic E-state index is -4.55. The molecule has 1 N–H and O–H groups in total. The van der Waals surface area contributed by atoms with Crippen LogP contribution in [0.15, 0.2) is 12.1 Å². The molecule has 6 nitrogen and oxygen atoms in total. The number of aromatic nitrogens is 4. The van der Waals surface area contributed by atoms with Gasteiger partial charge in [-0.3, -0.25) is 14.2 Å². The zero-order valence-electron chi connectivity index (χ0n) is 15.4. The van der Waals surface area contributed by atoms with E-state index >= 15 is 0 Å². The van der Waals surface area contributed by atoms with E-state index in [1.165, 1.54) is 13.1 Å². The summed E-state index contributed by atoms with van der Waals surface area (Å²) in [5, 5.41) is 10.7. The van der Waals surface area contributed by atoms with Crippen LogP contribution in [0.5, 0.6) is 0 Å².